The smallest absolute Gasteiger partial charge is 0.338 e. The summed E-state index contributed by atoms with van der Waals surface area (Å²) >= 11 is 0. The number of carbonyl (C=O) groups excluding carboxylic acids is 1. The molecule has 2 aliphatic carbocycles. The second-order valence-corrected chi connectivity index (χ2v) is 5.24. The van der Waals surface area contributed by atoms with Crippen LogP contribution in [-0.2, 0) is 4.74 Å². The first-order valence-electron chi connectivity index (χ1n) is 6.29. The Morgan fingerprint density at radius 1 is 1.18 bits per heavy atom. The minimum absolute atomic E-state index is 0.152. The van der Waals surface area contributed by atoms with Gasteiger partial charge < -0.3 is 10.5 Å². The number of carbonyl (C=O) groups is 1. The Balaban J connectivity index is 1.65. The maximum absolute atomic E-state index is 11.9. The number of rotatable bonds is 2. The minimum Gasteiger partial charge on any atom is -0.458 e. The highest BCUT2D eigenvalue weighted by Crippen LogP contribution is 2.46. The number of anilines is 1. The summed E-state index contributed by atoms with van der Waals surface area (Å²) in [7, 11) is 0. The third-order valence-electron chi connectivity index (χ3n) is 4.08. The molecule has 0 aliphatic heterocycles. The molecule has 1 aromatic rings. The summed E-state index contributed by atoms with van der Waals surface area (Å²) in [6, 6.07) is 6.92. The average Bonchev–Trinajstić information content (AvgIpc) is 2.91. The van der Waals surface area contributed by atoms with Crippen LogP contribution in [0.25, 0.3) is 0 Å². The predicted octanol–water partition coefficient (Wildman–Crippen LogP) is 2.61. The van der Waals surface area contributed by atoms with E-state index in [1.807, 2.05) is 0 Å². The third kappa shape index (κ3) is 2.02. The Kier molecular flexibility index (Phi) is 2.54. The van der Waals surface area contributed by atoms with Crippen molar-refractivity contribution in [2.45, 2.75) is 31.8 Å². The van der Waals surface area contributed by atoms with Crippen LogP contribution in [0.1, 0.15) is 36.0 Å². The second-order valence-electron chi connectivity index (χ2n) is 5.24. The molecule has 2 N–H and O–H groups in total. The molecule has 0 saturated heterocycles. The minimum atomic E-state index is -0.206. The van der Waals surface area contributed by atoms with E-state index in [9.17, 15) is 4.79 Å². The van der Waals surface area contributed by atoms with Crippen LogP contribution in [0.3, 0.4) is 0 Å². The number of nitrogens with two attached hydrogens (primary N) is 1. The van der Waals surface area contributed by atoms with Crippen LogP contribution in [0.4, 0.5) is 5.69 Å². The molecule has 0 amide bonds. The lowest BCUT2D eigenvalue weighted by Gasteiger charge is -2.21. The zero-order chi connectivity index (χ0) is 11.8. The lowest BCUT2D eigenvalue weighted by molar-refractivity contribution is 0.0158. The number of benzene rings is 1. The Labute approximate surface area is 101 Å². The van der Waals surface area contributed by atoms with E-state index >= 15 is 0 Å². The van der Waals surface area contributed by atoms with Crippen LogP contribution in [0.5, 0.6) is 0 Å². The molecule has 2 aliphatic rings. The molecule has 0 radical (unpaired) electrons. The van der Waals surface area contributed by atoms with E-state index in [1.54, 1.807) is 24.3 Å². The van der Waals surface area contributed by atoms with Crippen molar-refractivity contribution in [1.82, 2.24) is 0 Å². The number of esters is 1. The van der Waals surface area contributed by atoms with Gasteiger partial charge >= 0.3 is 5.97 Å². The van der Waals surface area contributed by atoms with Gasteiger partial charge in [0.05, 0.1) is 5.56 Å². The zero-order valence-electron chi connectivity index (χ0n) is 9.76. The number of fused-ring (bicyclic) bond motifs is 2. The van der Waals surface area contributed by atoms with E-state index in [4.69, 9.17) is 10.5 Å². The van der Waals surface area contributed by atoms with Crippen molar-refractivity contribution in [2.24, 2.45) is 11.8 Å². The van der Waals surface area contributed by atoms with Gasteiger partial charge in [0.25, 0.3) is 0 Å². The van der Waals surface area contributed by atoms with E-state index < -0.39 is 0 Å². The molecule has 2 fully saturated rings. The summed E-state index contributed by atoms with van der Waals surface area (Å²) in [6.45, 7) is 0. The van der Waals surface area contributed by atoms with Crippen molar-refractivity contribution < 1.29 is 9.53 Å². The molecule has 2 saturated carbocycles. The van der Waals surface area contributed by atoms with Crippen LogP contribution in [0.15, 0.2) is 24.3 Å². The Morgan fingerprint density at radius 2 is 1.94 bits per heavy atom. The first-order chi connectivity index (χ1) is 8.22. The fraction of sp³-hybridized carbons (Fsp3) is 0.500. The molecular weight excluding hydrogens is 214 g/mol. The molecular formula is C14H17NO2. The highest BCUT2D eigenvalue weighted by molar-refractivity contribution is 5.89. The van der Waals surface area contributed by atoms with Crippen LogP contribution in [0.2, 0.25) is 0 Å². The molecule has 2 bridgehead atoms. The van der Waals surface area contributed by atoms with Crippen LogP contribution in [-0.4, -0.2) is 12.1 Å². The van der Waals surface area contributed by atoms with Crippen molar-refractivity contribution in [3.63, 3.8) is 0 Å². The van der Waals surface area contributed by atoms with Crippen molar-refractivity contribution in [3.05, 3.63) is 29.8 Å². The molecule has 1 aromatic carbocycles. The quantitative estimate of drug-likeness (QED) is 0.628. The zero-order valence-corrected chi connectivity index (χ0v) is 9.76. The second kappa shape index (κ2) is 4.06. The van der Waals surface area contributed by atoms with Gasteiger partial charge in [-0.25, -0.2) is 4.79 Å². The summed E-state index contributed by atoms with van der Waals surface area (Å²) in [4.78, 5) is 11.9. The van der Waals surface area contributed by atoms with E-state index in [-0.39, 0.29) is 12.1 Å². The Morgan fingerprint density at radius 3 is 2.53 bits per heavy atom. The van der Waals surface area contributed by atoms with Crippen LogP contribution < -0.4 is 5.73 Å². The topological polar surface area (TPSA) is 52.3 Å². The van der Waals surface area contributed by atoms with Crippen molar-refractivity contribution in [3.8, 4) is 0 Å². The summed E-state index contributed by atoms with van der Waals surface area (Å²) < 4.78 is 5.59. The summed E-state index contributed by atoms with van der Waals surface area (Å²) in [6.07, 6.45) is 5.01. The summed E-state index contributed by atoms with van der Waals surface area (Å²) in [5.74, 6) is 1.20. The van der Waals surface area contributed by atoms with Gasteiger partial charge in [0.15, 0.2) is 0 Å². The van der Waals surface area contributed by atoms with Gasteiger partial charge in [-0.3, -0.25) is 0 Å². The molecule has 17 heavy (non-hydrogen) atoms. The normalized spacial score (nSPS) is 30.5. The van der Waals surface area contributed by atoms with Crippen molar-refractivity contribution in [2.75, 3.05) is 5.73 Å². The molecule has 3 heteroatoms. The fourth-order valence-electron chi connectivity index (χ4n) is 3.16. The number of ether oxygens (including phenoxy) is 1. The highest BCUT2D eigenvalue weighted by Gasteiger charge is 2.41. The van der Waals surface area contributed by atoms with Gasteiger partial charge in [-0.15, -0.1) is 0 Å². The molecule has 3 rings (SSSR count). The van der Waals surface area contributed by atoms with Gasteiger partial charge in [0, 0.05) is 5.69 Å². The molecule has 0 aromatic heterocycles. The Bertz CT molecular complexity index is 426. The fourth-order valence-corrected chi connectivity index (χ4v) is 3.16. The van der Waals surface area contributed by atoms with Crippen molar-refractivity contribution >= 4 is 11.7 Å². The molecule has 3 nitrogen and oxygen atoms in total. The molecule has 90 valence electrons. The van der Waals surface area contributed by atoms with E-state index in [0.717, 1.165) is 12.3 Å². The SMILES string of the molecule is Nc1ccc(C(=O)OC2CC3CCC2C3)cc1. The largest absolute Gasteiger partial charge is 0.458 e. The lowest BCUT2D eigenvalue weighted by Crippen LogP contribution is -2.24. The number of hydrogen-bond donors (Lipinski definition) is 1. The Hall–Kier alpha value is -1.51. The maximum Gasteiger partial charge on any atom is 0.338 e. The lowest BCUT2D eigenvalue weighted by atomic mass is 9.98. The molecule has 3 atom stereocenters. The molecule has 3 unspecified atom stereocenters. The van der Waals surface area contributed by atoms with E-state index in [0.29, 0.717) is 17.2 Å². The average molecular weight is 231 g/mol. The standard InChI is InChI=1S/C14H17NO2/c15-12-5-3-10(4-6-12)14(16)17-13-8-9-1-2-11(13)7-9/h3-6,9,11,13H,1-2,7-8,15H2. The van der Waals surface area contributed by atoms with Crippen LogP contribution >= 0.6 is 0 Å². The van der Waals surface area contributed by atoms with Gasteiger partial charge in [0.2, 0.25) is 0 Å². The van der Waals surface area contributed by atoms with Crippen LogP contribution in [0, 0.1) is 11.8 Å². The number of hydrogen-bond acceptors (Lipinski definition) is 3. The van der Waals surface area contributed by atoms with Crippen molar-refractivity contribution in [1.29, 1.82) is 0 Å². The summed E-state index contributed by atoms with van der Waals surface area (Å²) in [5, 5.41) is 0. The summed E-state index contributed by atoms with van der Waals surface area (Å²) in [5.41, 5.74) is 6.85. The highest BCUT2D eigenvalue weighted by atomic mass is 16.5. The molecule has 0 spiro atoms. The molecule has 0 heterocycles. The first kappa shape index (κ1) is 10.6. The van der Waals surface area contributed by atoms with Gasteiger partial charge in [-0.05, 0) is 61.8 Å². The van der Waals surface area contributed by atoms with E-state index in [1.165, 1.54) is 19.3 Å². The number of nitrogen functional groups attached to an aromatic ring is 1. The van der Waals surface area contributed by atoms with Gasteiger partial charge in [0.1, 0.15) is 6.10 Å². The first-order valence-corrected chi connectivity index (χ1v) is 6.29. The van der Waals surface area contributed by atoms with Gasteiger partial charge in [-0.1, -0.05) is 0 Å². The monoisotopic (exact) mass is 231 g/mol. The van der Waals surface area contributed by atoms with Gasteiger partial charge in [-0.2, -0.15) is 0 Å². The predicted molar refractivity (Wildman–Crippen MR) is 65.5 cm³/mol. The van der Waals surface area contributed by atoms with E-state index in [2.05, 4.69) is 0 Å². The third-order valence-corrected chi connectivity index (χ3v) is 4.08. The maximum atomic E-state index is 11.9.